The van der Waals surface area contributed by atoms with Gasteiger partial charge < -0.3 is 9.47 Å². The second-order valence-corrected chi connectivity index (χ2v) is 7.54. The predicted octanol–water partition coefficient (Wildman–Crippen LogP) is 6.13. The zero-order valence-corrected chi connectivity index (χ0v) is 16.5. The first kappa shape index (κ1) is 17.6. The summed E-state index contributed by atoms with van der Waals surface area (Å²) in [7, 11) is 6.32. The molecule has 0 radical (unpaired) electrons. The molecule has 0 saturated carbocycles. The third kappa shape index (κ3) is 3.41. The van der Waals surface area contributed by atoms with Gasteiger partial charge in [-0.3, -0.25) is 0 Å². The minimum Gasteiger partial charge on any atom is -0.351 e. The minimum absolute atomic E-state index is 0.425. The van der Waals surface area contributed by atoms with Crippen LogP contribution in [0.1, 0.15) is 18.5 Å². The van der Waals surface area contributed by atoms with Crippen LogP contribution in [0.15, 0.2) is 79.0 Å². The Morgan fingerprint density at radius 1 is 0.704 bits per heavy atom. The van der Waals surface area contributed by atoms with Crippen LogP contribution in [0.5, 0.6) is 0 Å². The van der Waals surface area contributed by atoms with Crippen LogP contribution in [-0.4, -0.2) is 23.6 Å². The molecule has 0 spiro atoms. The highest BCUT2D eigenvalue weighted by atomic mass is 15.1. The Bertz CT molecular complexity index is 1050. The molecule has 1 heterocycles. The number of hydrogen-bond acceptors (Lipinski definition) is 1. The summed E-state index contributed by atoms with van der Waals surface area (Å²) in [5.74, 6) is 0. The summed E-state index contributed by atoms with van der Waals surface area (Å²) in [6.07, 6.45) is 2.11. The van der Waals surface area contributed by atoms with Crippen LogP contribution >= 0.6 is 0 Å². The molecule has 0 fully saturated rings. The Morgan fingerprint density at radius 3 is 1.81 bits per heavy atom. The van der Waals surface area contributed by atoms with Crippen LogP contribution in [-0.2, 0) is 7.05 Å². The second kappa shape index (κ2) is 7.05. The second-order valence-electron chi connectivity index (χ2n) is 7.54. The van der Waals surface area contributed by atoms with Crippen molar-refractivity contribution in [3.63, 3.8) is 0 Å². The van der Waals surface area contributed by atoms with Crippen molar-refractivity contribution in [3.8, 4) is 22.3 Å². The van der Waals surface area contributed by atoms with Gasteiger partial charge in [0.1, 0.15) is 0 Å². The van der Waals surface area contributed by atoms with Crippen molar-refractivity contribution in [2.75, 3.05) is 14.1 Å². The molecule has 0 aliphatic carbocycles. The fourth-order valence-electron chi connectivity index (χ4n) is 3.57. The predicted molar refractivity (Wildman–Crippen MR) is 116 cm³/mol. The van der Waals surface area contributed by atoms with Gasteiger partial charge in [-0.15, -0.1) is 0 Å². The fourth-order valence-corrected chi connectivity index (χ4v) is 3.57. The molecule has 3 aromatic carbocycles. The highest BCUT2D eigenvalue weighted by molar-refractivity contribution is 5.86. The zero-order chi connectivity index (χ0) is 19.0. The average Bonchev–Trinajstić information content (AvgIpc) is 3.08. The van der Waals surface area contributed by atoms with Gasteiger partial charge in [-0.2, -0.15) is 0 Å². The number of benzene rings is 3. The van der Waals surface area contributed by atoms with E-state index in [0.29, 0.717) is 6.04 Å². The van der Waals surface area contributed by atoms with Crippen molar-refractivity contribution < 1.29 is 0 Å². The van der Waals surface area contributed by atoms with Gasteiger partial charge in [-0.25, -0.2) is 0 Å². The van der Waals surface area contributed by atoms with E-state index in [2.05, 4.69) is 117 Å². The lowest BCUT2D eigenvalue weighted by Gasteiger charge is -2.20. The summed E-state index contributed by atoms with van der Waals surface area (Å²) >= 11 is 0. The summed E-state index contributed by atoms with van der Waals surface area (Å²) in [4.78, 5) is 2.23. The largest absolute Gasteiger partial charge is 0.351 e. The van der Waals surface area contributed by atoms with Gasteiger partial charge in [0.05, 0.1) is 0 Å². The topological polar surface area (TPSA) is 8.17 Å². The molecule has 27 heavy (non-hydrogen) atoms. The van der Waals surface area contributed by atoms with Crippen LogP contribution < -0.4 is 0 Å². The maximum absolute atomic E-state index is 2.27. The molecule has 2 heteroatoms. The molecule has 0 aliphatic rings. The molecule has 2 nitrogen and oxygen atoms in total. The standard InChI is InChI=1S/C25H26N2/c1-18(26(2)3)19-5-7-20(8-6-19)21-9-11-22(12-10-21)23-13-14-25-24(17-23)15-16-27(25)4/h5-18H,1-4H3. The highest BCUT2D eigenvalue weighted by Crippen LogP contribution is 2.28. The van der Waals surface area contributed by atoms with E-state index in [1.165, 1.54) is 38.7 Å². The first-order valence-corrected chi connectivity index (χ1v) is 9.45. The molecule has 0 amide bonds. The number of aromatic nitrogens is 1. The molecular weight excluding hydrogens is 328 g/mol. The van der Waals surface area contributed by atoms with E-state index >= 15 is 0 Å². The third-order valence-corrected chi connectivity index (χ3v) is 5.60. The summed E-state index contributed by atoms with van der Waals surface area (Å²) in [6, 6.07) is 27.0. The monoisotopic (exact) mass is 354 g/mol. The van der Waals surface area contributed by atoms with E-state index in [9.17, 15) is 0 Å². The van der Waals surface area contributed by atoms with Crippen molar-refractivity contribution in [2.45, 2.75) is 13.0 Å². The van der Waals surface area contributed by atoms with Crippen molar-refractivity contribution in [1.29, 1.82) is 0 Å². The van der Waals surface area contributed by atoms with Crippen molar-refractivity contribution in [1.82, 2.24) is 9.47 Å². The highest BCUT2D eigenvalue weighted by Gasteiger charge is 2.08. The van der Waals surface area contributed by atoms with E-state index in [-0.39, 0.29) is 0 Å². The molecule has 1 atom stereocenters. The molecule has 0 aliphatic heterocycles. The first-order valence-electron chi connectivity index (χ1n) is 9.45. The van der Waals surface area contributed by atoms with Gasteiger partial charge in [0, 0.05) is 30.2 Å². The molecule has 136 valence electrons. The van der Waals surface area contributed by atoms with Crippen LogP contribution in [0.4, 0.5) is 0 Å². The lowest BCUT2D eigenvalue weighted by atomic mass is 9.98. The summed E-state index contributed by atoms with van der Waals surface area (Å²) < 4.78 is 2.16. The number of fused-ring (bicyclic) bond motifs is 1. The summed E-state index contributed by atoms with van der Waals surface area (Å²) in [5.41, 5.74) is 7.63. The third-order valence-electron chi connectivity index (χ3n) is 5.60. The summed E-state index contributed by atoms with van der Waals surface area (Å²) in [6.45, 7) is 2.23. The van der Waals surface area contributed by atoms with Gasteiger partial charge >= 0.3 is 0 Å². The first-order chi connectivity index (χ1) is 13.0. The van der Waals surface area contributed by atoms with Gasteiger partial charge in [0.25, 0.3) is 0 Å². The van der Waals surface area contributed by atoms with Gasteiger partial charge in [-0.1, -0.05) is 54.6 Å². The van der Waals surface area contributed by atoms with E-state index in [1.807, 2.05) is 0 Å². The molecule has 0 N–H and O–H groups in total. The molecular formula is C25H26N2. The van der Waals surface area contributed by atoms with Crippen LogP contribution in [0.2, 0.25) is 0 Å². The Kier molecular flexibility index (Phi) is 4.59. The molecule has 1 unspecified atom stereocenters. The smallest absolute Gasteiger partial charge is 0.0478 e. The van der Waals surface area contributed by atoms with Gasteiger partial charge in [0.15, 0.2) is 0 Å². The van der Waals surface area contributed by atoms with Crippen molar-refractivity contribution in [3.05, 3.63) is 84.6 Å². The number of hydrogen-bond donors (Lipinski definition) is 0. The molecule has 0 bridgehead atoms. The van der Waals surface area contributed by atoms with Crippen molar-refractivity contribution >= 4 is 10.9 Å². The Balaban J connectivity index is 1.59. The van der Waals surface area contributed by atoms with E-state index < -0.39 is 0 Å². The Morgan fingerprint density at radius 2 is 1.22 bits per heavy atom. The van der Waals surface area contributed by atoms with Crippen LogP contribution in [0.3, 0.4) is 0 Å². The minimum atomic E-state index is 0.425. The number of aryl methyl sites for hydroxylation is 1. The molecule has 4 rings (SSSR count). The number of rotatable bonds is 4. The van der Waals surface area contributed by atoms with E-state index in [4.69, 9.17) is 0 Å². The van der Waals surface area contributed by atoms with Gasteiger partial charge in [-0.05, 0) is 67.0 Å². The van der Waals surface area contributed by atoms with E-state index in [1.54, 1.807) is 0 Å². The van der Waals surface area contributed by atoms with Crippen LogP contribution in [0.25, 0.3) is 33.2 Å². The SMILES string of the molecule is CC(c1ccc(-c2ccc(-c3ccc4c(ccn4C)c3)cc2)cc1)N(C)C. The quantitative estimate of drug-likeness (QED) is 0.428. The van der Waals surface area contributed by atoms with Gasteiger partial charge in [0.2, 0.25) is 0 Å². The van der Waals surface area contributed by atoms with Crippen molar-refractivity contribution in [2.24, 2.45) is 7.05 Å². The Hall–Kier alpha value is -2.84. The van der Waals surface area contributed by atoms with Crippen LogP contribution in [0, 0.1) is 0 Å². The maximum atomic E-state index is 2.27. The maximum Gasteiger partial charge on any atom is 0.0478 e. The molecule has 1 aromatic heterocycles. The molecule has 4 aromatic rings. The lowest BCUT2D eigenvalue weighted by Crippen LogP contribution is -2.16. The van der Waals surface area contributed by atoms with E-state index in [0.717, 1.165) is 0 Å². The number of nitrogens with zero attached hydrogens (tertiary/aromatic N) is 2. The zero-order valence-electron chi connectivity index (χ0n) is 16.5. The fraction of sp³-hybridized carbons (Fsp3) is 0.200. The normalized spacial score (nSPS) is 12.6. The average molecular weight is 354 g/mol. The summed E-state index contributed by atoms with van der Waals surface area (Å²) in [5, 5.41) is 1.28. The molecule has 0 saturated heterocycles. The Labute approximate surface area is 161 Å². The lowest BCUT2D eigenvalue weighted by molar-refractivity contribution is 0.321.